The number of hydrogen-bond donors (Lipinski definition) is 2. The van der Waals surface area contributed by atoms with Crippen molar-refractivity contribution in [3.8, 4) is 0 Å². The van der Waals surface area contributed by atoms with E-state index in [1.807, 2.05) is 13.8 Å². The van der Waals surface area contributed by atoms with Crippen LogP contribution in [0.4, 0.5) is 0 Å². The van der Waals surface area contributed by atoms with Gasteiger partial charge in [0.05, 0.1) is 18.1 Å². The maximum Gasteiger partial charge on any atom is 0.226 e. The van der Waals surface area contributed by atoms with Gasteiger partial charge in [-0.05, 0) is 45.4 Å². The number of nitrogens with one attached hydrogen (secondary N) is 1. The minimum absolute atomic E-state index is 0.00407. The van der Waals surface area contributed by atoms with Crippen LogP contribution < -0.4 is 11.1 Å². The van der Waals surface area contributed by atoms with E-state index in [2.05, 4.69) is 12.2 Å². The van der Waals surface area contributed by atoms with Crippen molar-refractivity contribution in [2.75, 3.05) is 0 Å². The lowest BCUT2D eigenvalue weighted by Gasteiger charge is -2.29. The smallest absolute Gasteiger partial charge is 0.226 e. The van der Waals surface area contributed by atoms with Gasteiger partial charge in [0.25, 0.3) is 0 Å². The van der Waals surface area contributed by atoms with Crippen molar-refractivity contribution < 1.29 is 9.53 Å². The Labute approximate surface area is 110 Å². The first-order valence-corrected chi connectivity index (χ1v) is 7.20. The lowest BCUT2D eigenvalue weighted by molar-refractivity contribution is -0.128. The van der Waals surface area contributed by atoms with Crippen molar-refractivity contribution >= 4 is 5.91 Å². The van der Waals surface area contributed by atoms with Crippen LogP contribution in [0.3, 0.4) is 0 Å². The van der Waals surface area contributed by atoms with Crippen LogP contribution >= 0.6 is 0 Å². The number of ether oxygens (including phenoxy) is 1. The van der Waals surface area contributed by atoms with Crippen LogP contribution in [-0.4, -0.2) is 30.2 Å². The summed E-state index contributed by atoms with van der Waals surface area (Å²) >= 11 is 0. The SMILES string of the molecule is CC1OC(C)C(C(=O)NC2CCC(N)CC2)C1C. The summed E-state index contributed by atoms with van der Waals surface area (Å²) in [5.74, 6) is 0.460. The van der Waals surface area contributed by atoms with Crippen LogP contribution in [0.2, 0.25) is 0 Å². The van der Waals surface area contributed by atoms with Crippen molar-refractivity contribution in [1.29, 1.82) is 0 Å². The molecule has 4 heteroatoms. The van der Waals surface area contributed by atoms with Crippen LogP contribution in [0.25, 0.3) is 0 Å². The van der Waals surface area contributed by atoms with Gasteiger partial charge < -0.3 is 15.8 Å². The van der Waals surface area contributed by atoms with E-state index in [0.29, 0.717) is 18.0 Å². The largest absolute Gasteiger partial charge is 0.374 e. The normalized spacial score (nSPS) is 44.9. The molecular formula is C14H26N2O2. The second-order valence-electron chi connectivity index (χ2n) is 6.05. The van der Waals surface area contributed by atoms with Gasteiger partial charge >= 0.3 is 0 Å². The highest BCUT2D eigenvalue weighted by atomic mass is 16.5. The topological polar surface area (TPSA) is 64.3 Å². The fraction of sp³-hybridized carbons (Fsp3) is 0.929. The third kappa shape index (κ3) is 2.86. The molecule has 18 heavy (non-hydrogen) atoms. The van der Waals surface area contributed by atoms with Gasteiger partial charge in [-0.1, -0.05) is 6.92 Å². The quantitative estimate of drug-likeness (QED) is 0.783. The average molecular weight is 254 g/mol. The molecule has 2 fully saturated rings. The summed E-state index contributed by atoms with van der Waals surface area (Å²) in [5, 5.41) is 3.19. The van der Waals surface area contributed by atoms with E-state index in [4.69, 9.17) is 10.5 Å². The second kappa shape index (κ2) is 5.57. The van der Waals surface area contributed by atoms with Crippen LogP contribution in [-0.2, 0) is 9.53 Å². The second-order valence-corrected chi connectivity index (χ2v) is 6.05. The zero-order valence-electron chi connectivity index (χ0n) is 11.7. The van der Waals surface area contributed by atoms with Crippen LogP contribution in [0.5, 0.6) is 0 Å². The molecule has 0 aromatic carbocycles. The number of hydrogen-bond acceptors (Lipinski definition) is 3. The molecule has 0 aromatic rings. The maximum atomic E-state index is 12.3. The van der Waals surface area contributed by atoms with Gasteiger partial charge in [0, 0.05) is 12.1 Å². The fourth-order valence-electron chi connectivity index (χ4n) is 3.28. The highest BCUT2D eigenvalue weighted by Gasteiger charge is 2.42. The van der Waals surface area contributed by atoms with Crippen LogP contribution in [0, 0.1) is 11.8 Å². The minimum atomic E-state index is -0.00407. The molecule has 3 N–H and O–H groups in total. The van der Waals surface area contributed by atoms with E-state index < -0.39 is 0 Å². The molecule has 2 aliphatic rings. The van der Waals surface area contributed by atoms with Gasteiger partial charge in [-0.15, -0.1) is 0 Å². The summed E-state index contributed by atoms with van der Waals surface area (Å²) < 4.78 is 5.73. The van der Waals surface area contributed by atoms with E-state index in [-0.39, 0.29) is 24.0 Å². The Morgan fingerprint density at radius 1 is 1.11 bits per heavy atom. The summed E-state index contributed by atoms with van der Waals surface area (Å²) in [4.78, 5) is 12.3. The van der Waals surface area contributed by atoms with Gasteiger partial charge in [-0.25, -0.2) is 0 Å². The first kappa shape index (κ1) is 13.8. The molecule has 4 atom stereocenters. The number of carbonyl (C=O) groups is 1. The van der Waals surface area contributed by atoms with E-state index in [0.717, 1.165) is 25.7 Å². The molecule has 1 amide bonds. The monoisotopic (exact) mass is 254 g/mol. The zero-order valence-corrected chi connectivity index (χ0v) is 11.7. The lowest BCUT2D eigenvalue weighted by Crippen LogP contribution is -2.45. The summed E-state index contributed by atoms with van der Waals surface area (Å²) in [6.45, 7) is 6.16. The van der Waals surface area contributed by atoms with Crippen molar-refractivity contribution in [3.63, 3.8) is 0 Å². The van der Waals surface area contributed by atoms with E-state index >= 15 is 0 Å². The third-order valence-corrected chi connectivity index (χ3v) is 4.66. The first-order valence-electron chi connectivity index (χ1n) is 7.20. The lowest BCUT2D eigenvalue weighted by atomic mass is 9.87. The van der Waals surface area contributed by atoms with Gasteiger partial charge in [-0.2, -0.15) is 0 Å². The van der Waals surface area contributed by atoms with Gasteiger partial charge in [0.15, 0.2) is 0 Å². The highest BCUT2D eigenvalue weighted by molar-refractivity contribution is 5.80. The molecule has 2 rings (SSSR count). The number of amides is 1. The molecule has 0 radical (unpaired) electrons. The van der Waals surface area contributed by atoms with E-state index in [1.54, 1.807) is 0 Å². The van der Waals surface area contributed by atoms with Gasteiger partial charge in [0.2, 0.25) is 5.91 Å². The standard InChI is InChI=1S/C14H26N2O2/c1-8-9(2)18-10(3)13(8)14(17)16-12-6-4-11(15)5-7-12/h8-13H,4-7,15H2,1-3H3,(H,16,17). The first-order chi connectivity index (χ1) is 8.49. The number of carbonyl (C=O) groups excluding carboxylic acids is 1. The molecule has 1 saturated heterocycles. The molecule has 4 unspecified atom stereocenters. The van der Waals surface area contributed by atoms with Crippen LogP contribution in [0.1, 0.15) is 46.5 Å². The van der Waals surface area contributed by atoms with Crippen molar-refractivity contribution in [2.24, 2.45) is 17.6 Å². The average Bonchev–Trinajstić information content (AvgIpc) is 2.56. The van der Waals surface area contributed by atoms with E-state index in [9.17, 15) is 4.79 Å². The minimum Gasteiger partial charge on any atom is -0.374 e. The number of rotatable bonds is 2. The molecule has 104 valence electrons. The predicted octanol–water partition coefficient (Wildman–Crippen LogP) is 1.43. The number of nitrogens with two attached hydrogens (primary N) is 1. The Bertz CT molecular complexity index is 300. The van der Waals surface area contributed by atoms with Crippen molar-refractivity contribution in [3.05, 3.63) is 0 Å². The Morgan fingerprint density at radius 3 is 2.22 bits per heavy atom. The Morgan fingerprint density at radius 2 is 1.72 bits per heavy atom. The molecule has 4 nitrogen and oxygen atoms in total. The molecule has 0 bridgehead atoms. The predicted molar refractivity (Wildman–Crippen MR) is 71.0 cm³/mol. The molecule has 1 heterocycles. The molecule has 1 aliphatic carbocycles. The van der Waals surface area contributed by atoms with Gasteiger partial charge in [0.1, 0.15) is 0 Å². The molecular weight excluding hydrogens is 228 g/mol. The Balaban J connectivity index is 1.88. The molecule has 0 spiro atoms. The Hall–Kier alpha value is -0.610. The van der Waals surface area contributed by atoms with Crippen LogP contribution in [0.15, 0.2) is 0 Å². The molecule has 1 saturated carbocycles. The Kier molecular flexibility index (Phi) is 4.28. The van der Waals surface area contributed by atoms with Gasteiger partial charge in [-0.3, -0.25) is 4.79 Å². The summed E-state index contributed by atoms with van der Waals surface area (Å²) in [5.41, 5.74) is 5.88. The molecule has 1 aliphatic heterocycles. The molecule has 0 aromatic heterocycles. The summed E-state index contributed by atoms with van der Waals surface area (Å²) in [6.07, 6.45) is 4.27. The van der Waals surface area contributed by atoms with Crippen molar-refractivity contribution in [1.82, 2.24) is 5.32 Å². The zero-order chi connectivity index (χ0) is 13.3. The highest BCUT2D eigenvalue weighted by Crippen LogP contribution is 2.32. The van der Waals surface area contributed by atoms with E-state index in [1.165, 1.54) is 0 Å². The summed E-state index contributed by atoms with van der Waals surface area (Å²) in [7, 11) is 0. The maximum absolute atomic E-state index is 12.3. The fourth-order valence-corrected chi connectivity index (χ4v) is 3.28. The van der Waals surface area contributed by atoms with Crippen molar-refractivity contribution in [2.45, 2.75) is 70.7 Å². The third-order valence-electron chi connectivity index (χ3n) is 4.66. The summed E-state index contributed by atoms with van der Waals surface area (Å²) in [6, 6.07) is 0.637.